The van der Waals surface area contributed by atoms with Crippen LogP contribution in [0.25, 0.3) is 0 Å². The second-order valence-electron chi connectivity index (χ2n) is 6.52. The van der Waals surface area contributed by atoms with Crippen LogP contribution < -0.4 is 0 Å². The van der Waals surface area contributed by atoms with E-state index in [9.17, 15) is 14.7 Å². The van der Waals surface area contributed by atoms with E-state index in [0.29, 0.717) is 31.8 Å². The summed E-state index contributed by atoms with van der Waals surface area (Å²) in [6, 6.07) is 0.107. The van der Waals surface area contributed by atoms with E-state index in [0.717, 1.165) is 19.5 Å². The van der Waals surface area contributed by atoms with Crippen molar-refractivity contribution in [3.05, 3.63) is 0 Å². The molecule has 0 bridgehead atoms. The number of carboxylic acids is 1. The molecule has 2 amide bonds. The molecule has 0 spiro atoms. The van der Waals surface area contributed by atoms with Gasteiger partial charge < -0.3 is 14.9 Å². The minimum absolute atomic E-state index is 0.107. The Morgan fingerprint density at radius 1 is 1.20 bits per heavy atom. The van der Waals surface area contributed by atoms with Gasteiger partial charge in [-0.15, -0.1) is 0 Å². The number of nitrogens with zero attached hydrogens (tertiary/aromatic N) is 2. The molecule has 0 aliphatic carbocycles. The number of hydrogen-bond acceptors (Lipinski definition) is 2. The first-order valence-electron chi connectivity index (χ1n) is 7.73. The summed E-state index contributed by atoms with van der Waals surface area (Å²) in [7, 11) is 0. The fourth-order valence-electron chi connectivity index (χ4n) is 3.26. The van der Waals surface area contributed by atoms with Gasteiger partial charge in [0, 0.05) is 26.2 Å². The van der Waals surface area contributed by atoms with Gasteiger partial charge in [-0.2, -0.15) is 0 Å². The molecule has 2 aliphatic rings. The van der Waals surface area contributed by atoms with E-state index in [1.165, 1.54) is 12.8 Å². The lowest BCUT2D eigenvalue weighted by atomic mass is 9.80. The Morgan fingerprint density at radius 3 is 2.40 bits per heavy atom. The number of hydrogen-bond donors (Lipinski definition) is 1. The molecule has 2 heterocycles. The molecular formula is C15H26N2O3. The SMILES string of the molecule is CCCC1CCN(C(=O)N2CCC(C)(C(=O)O)CC2)C1. The summed E-state index contributed by atoms with van der Waals surface area (Å²) >= 11 is 0. The summed E-state index contributed by atoms with van der Waals surface area (Å²) < 4.78 is 0. The van der Waals surface area contributed by atoms with Gasteiger partial charge in [-0.25, -0.2) is 4.79 Å². The van der Waals surface area contributed by atoms with Crippen molar-refractivity contribution >= 4 is 12.0 Å². The first-order valence-corrected chi connectivity index (χ1v) is 7.73. The third kappa shape index (κ3) is 3.07. The van der Waals surface area contributed by atoms with Crippen molar-refractivity contribution in [2.45, 2.75) is 46.0 Å². The molecule has 5 nitrogen and oxygen atoms in total. The summed E-state index contributed by atoms with van der Waals surface area (Å²) in [5.41, 5.74) is -0.660. The minimum atomic E-state index is -0.742. The van der Waals surface area contributed by atoms with Gasteiger partial charge in [-0.3, -0.25) is 4.79 Å². The molecule has 2 fully saturated rings. The fraction of sp³-hybridized carbons (Fsp3) is 0.867. The van der Waals surface area contributed by atoms with Crippen molar-refractivity contribution < 1.29 is 14.7 Å². The first-order chi connectivity index (χ1) is 9.46. The predicted molar refractivity (Wildman–Crippen MR) is 76.5 cm³/mol. The van der Waals surface area contributed by atoms with Crippen LogP contribution >= 0.6 is 0 Å². The van der Waals surface area contributed by atoms with Crippen LogP contribution in [0.5, 0.6) is 0 Å². The highest BCUT2D eigenvalue weighted by Crippen LogP contribution is 2.32. The number of piperidine rings is 1. The van der Waals surface area contributed by atoms with Gasteiger partial charge in [0.1, 0.15) is 0 Å². The topological polar surface area (TPSA) is 60.9 Å². The third-order valence-corrected chi connectivity index (χ3v) is 4.91. The molecule has 2 saturated heterocycles. The smallest absolute Gasteiger partial charge is 0.320 e. The molecular weight excluding hydrogens is 256 g/mol. The van der Waals surface area contributed by atoms with Crippen molar-refractivity contribution in [1.29, 1.82) is 0 Å². The quantitative estimate of drug-likeness (QED) is 0.864. The standard InChI is InChI=1S/C15H26N2O3/c1-3-4-12-5-8-17(11-12)14(20)16-9-6-15(2,7-10-16)13(18)19/h12H,3-11H2,1-2H3,(H,18,19). The number of rotatable bonds is 3. The number of aliphatic carboxylic acids is 1. The van der Waals surface area contributed by atoms with Gasteiger partial charge in [0.15, 0.2) is 0 Å². The minimum Gasteiger partial charge on any atom is -0.481 e. The monoisotopic (exact) mass is 282 g/mol. The Balaban J connectivity index is 1.85. The maximum atomic E-state index is 12.4. The molecule has 0 aromatic rings. The molecule has 0 aromatic heterocycles. The Bertz CT molecular complexity index is 375. The van der Waals surface area contributed by atoms with Gasteiger partial charge in [-0.05, 0) is 38.5 Å². The molecule has 2 rings (SSSR count). The largest absolute Gasteiger partial charge is 0.481 e. The lowest BCUT2D eigenvalue weighted by molar-refractivity contribution is -0.150. The van der Waals surface area contributed by atoms with Crippen LogP contribution in [-0.2, 0) is 4.79 Å². The van der Waals surface area contributed by atoms with E-state index in [2.05, 4.69) is 6.92 Å². The van der Waals surface area contributed by atoms with E-state index in [4.69, 9.17) is 0 Å². The van der Waals surface area contributed by atoms with E-state index in [-0.39, 0.29) is 6.03 Å². The number of amides is 2. The molecule has 1 unspecified atom stereocenters. The lowest BCUT2D eigenvalue weighted by Gasteiger charge is -2.38. The van der Waals surface area contributed by atoms with Crippen LogP contribution in [0.1, 0.15) is 46.0 Å². The van der Waals surface area contributed by atoms with Crippen molar-refractivity contribution in [2.75, 3.05) is 26.2 Å². The van der Waals surface area contributed by atoms with E-state index >= 15 is 0 Å². The highest BCUT2D eigenvalue weighted by atomic mass is 16.4. The molecule has 0 saturated carbocycles. The van der Waals surface area contributed by atoms with Crippen LogP contribution in [0, 0.1) is 11.3 Å². The van der Waals surface area contributed by atoms with Gasteiger partial charge in [0.2, 0.25) is 0 Å². The molecule has 1 atom stereocenters. The van der Waals surface area contributed by atoms with E-state index in [1.807, 2.05) is 9.80 Å². The normalized spacial score (nSPS) is 25.8. The zero-order valence-corrected chi connectivity index (χ0v) is 12.6. The average Bonchev–Trinajstić information content (AvgIpc) is 2.88. The zero-order valence-electron chi connectivity index (χ0n) is 12.6. The summed E-state index contributed by atoms with van der Waals surface area (Å²) in [5.74, 6) is -0.0909. The highest BCUT2D eigenvalue weighted by molar-refractivity contribution is 5.77. The maximum Gasteiger partial charge on any atom is 0.320 e. The Kier molecular flexibility index (Phi) is 4.55. The molecule has 2 aliphatic heterocycles. The second kappa shape index (κ2) is 6.02. The molecule has 1 N–H and O–H groups in total. The van der Waals surface area contributed by atoms with E-state index in [1.54, 1.807) is 6.92 Å². The Hall–Kier alpha value is -1.26. The number of carboxylic acid groups (broad SMARTS) is 1. The number of urea groups is 1. The van der Waals surface area contributed by atoms with Crippen molar-refractivity contribution in [3.8, 4) is 0 Å². The summed E-state index contributed by atoms with van der Waals surface area (Å²) in [6.45, 7) is 6.83. The number of likely N-dealkylation sites (tertiary alicyclic amines) is 2. The first kappa shape index (κ1) is 15.1. The van der Waals surface area contributed by atoms with Crippen LogP contribution in [0.2, 0.25) is 0 Å². The molecule has 5 heteroatoms. The maximum absolute atomic E-state index is 12.4. The summed E-state index contributed by atoms with van der Waals surface area (Å²) in [4.78, 5) is 27.4. The van der Waals surface area contributed by atoms with Crippen molar-refractivity contribution in [1.82, 2.24) is 9.80 Å². The highest BCUT2D eigenvalue weighted by Gasteiger charge is 2.39. The molecule has 114 valence electrons. The van der Waals surface area contributed by atoms with Gasteiger partial charge in [-0.1, -0.05) is 13.3 Å². The Morgan fingerprint density at radius 2 is 1.85 bits per heavy atom. The van der Waals surface area contributed by atoms with Crippen molar-refractivity contribution in [3.63, 3.8) is 0 Å². The van der Waals surface area contributed by atoms with Gasteiger partial charge in [0.05, 0.1) is 5.41 Å². The van der Waals surface area contributed by atoms with Crippen LogP contribution in [0.4, 0.5) is 4.79 Å². The summed E-state index contributed by atoms with van der Waals surface area (Å²) in [6.07, 6.45) is 4.59. The van der Waals surface area contributed by atoms with Crippen LogP contribution in [-0.4, -0.2) is 53.1 Å². The van der Waals surface area contributed by atoms with Gasteiger partial charge in [0.25, 0.3) is 0 Å². The molecule has 0 aromatic carbocycles. The fourth-order valence-corrected chi connectivity index (χ4v) is 3.26. The second-order valence-corrected chi connectivity index (χ2v) is 6.52. The number of carbonyl (C=O) groups is 2. The summed E-state index contributed by atoms with van der Waals surface area (Å²) in [5, 5.41) is 9.21. The average molecular weight is 282 g/mol. The van der Waals surface area contributed by atoms with Gasteiger partial charge >= 0.3 is 12.0 Å². The number of carbonyl (C=O) groups excluding carboxylic acids is 1. The van der Waals surface area contributed by atoms with Crippen LogP contribution in [0.15, 0.2) is 0 Å². The van der Waals surface area contributed by atoms with Crippen molar-refractivity contribution in [2.24, 2.45) is 11.3 Å². The zero-order chi connectivity index (χ0) is 14.8. The molecule has 20 heavy (non-hydrogen) atoms. The third-order valence-electron chi connectivity index (χ3n) is 4.91. The molecule has 0 radical (unpaired) electrons. The van der Waals surface area contributed by atoms with Crippen LogP contribution in [0.3, 0.4) is 0 Å². The Labute approximate surface area is 120 Å². The predicted octanol–water partition coefficient (Wildman–Crippen LogP) is 2.42. The lowest BCUT2D eigenvalue weighted by Crippen LogP contribution is -2.49. The van der Waals surface area contributed by atoms with E-state index < -0.39 is 11.4 Å².